The number of hydrogen-bond acceptors (Lipinski definition) is 2. The Morgan fingerprint density at radius 2 is 2.27 bits per heavy atom. The molecule has 1 N–H and O–H groups in total. The molecule has 0 fully saturated rings. The molecule has 1 aliphatic carbocycles. The lowest BCUT2D eigenvalue weighted by Gasteiger charge is -2.03. The zero-order valence-electron chi connectivity index (χ0n) is 9.20. The summed E-state index contributed by atoms with van der Waals surface area (Å²) in [6.45, 7) is 1.80. The van der Waals surface area contributed by atoms with E-state index in [1.54, 1.807) is 6.92 Å². The summed E-state index contributed by atoms with van der Waals surface area (Å²) in [5, 5.41) is 9.50. The molecule has 0 aliphatic heterocycles. The van der Waals surface area contributed by atoms with E-state index in [9.17, 15) is 9.90 Å². The van der Waals surface area contributed by atoms with E-state index < -0.39 is 0 Å². The molecule has 1 unspecified atom stereocenters. The van der Waals surface area contributed by atoms with E-state index in [2.05, 4.69) is 5.73 Å². The van der Waals surface area contributed by atoms with Gasteiger partial charge in [0.05, 0.1) is 6.10 Å². The average Bonchev–Trinajstić information content (AvgIpc) is 2.21. The van der Waals surface area contributed by atoms with Crippen molar-refractivity contribution in [1.29, 1.82) is 0 Å². The van der Waals surface area contributed by atoms with Crippen molar-refractivity contribution >= 4 is 5.78 Å². The van der Waals surface area contributed by atoms with Crippen LogP contribution in [0.3, 0.4) is 0 Å². The van der Waals surface area contributed by atoms with Crippen LogP contribution in [-0.4, -0.2) is 17.0 Å². The van der Waals surface area contributed by atoms with Crippen molar-refractivity contribution in [3.05, 3.63) is 29.5 Å². The highest BCUT2D eigenvalue weighted by atomic mass is 16.3. The van der Waals surface area contributed by atoms with Crippen LogP contribution >= 0.6 is 0 Å². The van der Waals surface area contributed by atoms with E-state index in [4.69, 9.17) is 0 Å². The zero-order chi connectivity index (χ0) is 11.1. The Bertz CT molecular complexity index is 306. The lowest BCUT2D eigenvalue weighted by Crippen LogP contribution is -2.02. The summed E-state index contributed by atoms with van der Waals surface area (Å²) in [5.74, 6) is 0.181. The summed E-state index contributed by atoms with van der Waals surface area (Å²) in [7, 11) is 0. The van der Waals surface area contributed by atoms with E-state index in [0.29, 0.717) is 18.4 Å². The number of carbonyl (C=O) groups excluding carboxylic acids is 1. The molecule has 0 spiro atoms. The van der Waals surface area contributed by atoms with Crippen LogP contribution < -0.4 is 0 Å². The molecule has 0 aromatic rings. The first-order chi connectivity index (χ1) is 7.20. The van der Waals surface area contributed by atoms with E-state index >= 15 is 0 Å². The minimum atomic E-state index is -0.363. The topological polar surface area (TPSA) is 37.3 Å². The van der Waals surface area contributed by atoms with Gasteiger partial charge in [-0.3, -0.25) is 4.79 Å². The fourth-order valence-electron chi connectivity index (χ4n) is 1.48. The van der Waals surface area contributed by atoms with Crippen LogP contribution in [-0.2, 0) is 4.79 Å². The second-order valence-electron chi connectivity index (χ2n) is 3.86. The summed E-state index contributed by atoms with van der Waals surface area (Å²) >= 11 is 0. The molecule has 2 nitrogen and oxygen atoms in total. The Labute approximate surface area is 91.0 Å². The summed E-state index contributed by atoms with van der Waals surface area (Å²) in [5.41, 5.74) is 3.68. The summed E-state index contributed by atoms with van der Waals surface area (Å²) in [4.78, 5) is 11.5. The molecule has 0 bridgehead atoms. The largest absolute Gasteiger partial charge is 0.389 e. The van der Waals surface area contributed by atoms with Gasteiger partial charge in [-0.05, 0) is 38.7 Å². The minimum Gasteiger partial charge on any atom is -0.389 e. The Balaban J connectivity index is 2.68. The highest BCUT2D eigenvalue weighted by Crippen LogP contribution is 2.07. The molecule has 1 aliphatic rings. The fourth-order valence-corrected chi connectivity index (χ4v) is 1.48. The van der Waals surface area contributed by atoms with Crippen LogP contribution in [0.4, 0.5) is 0 Å². The number of Topliss-reactive ketones (excluding diaryl/α,β-unsaturated/α-hetero) is 1. The molecule has 0 saturated heterocycles. The monoisotopic (exact) mass is 206 g/mol. The average molecular weight is 206 g/mol. The van der Waals surface area contributed by atoms with Gasteiger partial charge in [0.15, 0.2) is 5.78 Å². The number of aliphatic hydroxyl groups is 1. The molecule has 1 atom stereocenters. The number of rotatable bonds is 0. The predicted octanol–water partition coefficient (Wildman–Crippen LogP) is 2.54. The zero-order valence-corrected chi connectivity index (χ0v) is 9.20. The molecule has 0 aromatic carbocycles. The van der Waals surface area contributed by atoms with Gasteiger partial charge in [0.2, 0.25) is 0 Å². The maximum absolute atomic E-state index is 11.5. The highest BCUT2D eigenvalue weighted by molar-refractivity contribution is 5.94. The Morgan fingerprint density at radius 3 is 3.07 bits per heavy atom. The quantitative estimate of drug-likeness (QED) is 0.488. The minimum absolute atomic E-state index is 0.181. The van der Waals surface area contributed by atoms with Crippen molar-refractivity contribution in [3.63, 3.8) is 0 Å². The molecule has 0 amide bonds. The van der Waals surface area contributed by atoms with Gasteiger partial charge in [0, 0.05) is 12.0 Å². The molecule has 2 heteroatoms. The molecular formula is C13H18O2. The third-order valence-electron chi connectivity index (χ3n) is 2.48. The van der Waals surface area contributed by atoms with Crippen LogP contribution in [0.5, 0.6) is 0 Å². The maximum atomic E-state index is 11.5. The van der Waals surface area contributed by atoms with Gasteiger partial charge in [-0.15, -0.1) is 5.73 Å². The van der Waals surface area contributed by atoms with Crippen LogP contribution in [0.15, 0.2) is 29.5 Å². The predicted molar refractivity (Wildman–Crippen MR) is 60.5 cm³/mol. The van der Waals surface area contributed by atoms with Crippen LogP contribution in [0.2, 0.25) is 0 Å². The van der Waals surface area contributed by atoms with Crippen molar-refractivity contribution in [2.45, 2.75) is 45.1 Å². The smallest absolute Gasteiger partial charge is 0.166 e. The summed E-state index contributed by atoms with van der Waals surface area (Å²) in [6, 6.07) is 0. The summed E-state index contributed by atoms with van der Waals surface area (Å²) in [6.07, 6.45) is 9.00. The number of carbonyl (C=O) groups is 1. The second kappa shape index (κ2) is 6.39. The molecule has 15 heavy (non-hydrogen) atoms. The van der Waals surface area contributed by atoms with E-state index in [0.717, 1.165) is 19.3 Å². The van der Waals surface area contributed by atoms with Gasteiger partial charge < -0.3 is 5.11 Å². The van der Waals surface area contributed by atoms with Gasteiger partial charge in [-0.25, -0.2) is 0 Å². The molecule has 0 saturated carbocycles. The normalized spacial score (nSPS) is 26.4. The molecule has 0 radical (unpaired) electrons. The standard InChI is InChI=1S/C13H18O2/c1-11-7-5-6-9-12(14)8-3-2-4-10-13(11)15/h3,5,8,12,14H,2,4,6,9-10H2,1H3/b8-3+. The van der Waals surface area contributed by atoms with E-state index in [1.807, 2.05) is 18.2 Å². The first kappa shape index (κ1) is 12.0. The highest BCUT2D eigenvalue weighted by Gasteiger charge is 2.03. The lowest BCUT2D eigenvalue weighted by atomic mass is 10.1. The Kier molecular flexibility index (Phi) is 5.09. The van der Waals surface area contributed by atoms with Gasteiger partial charge in [0.1, 0.15) is 0 Å². The van der Waals surface area contributed by atoms with Crippen molar-refractivity contribution in [1.82, 2.24) is 0 Å². The molecular weight excluding hydrogens is 188 g/mol. The van der Waals surface area contributed by atoms with Crippen molar-refractivity contribution in [3.8, 4) is 0 Å². The number of aliphatic hydroxyl groups excluding tert-OH is 1. The molecule has 0 aromatic heterocycles. The Morgan fingerprint density at radius 1 is 1.47 bits per heavy atom. The van der Waals surface area contributed by atoms with E-state index in [-0.39, 0.29) is 11.9 Å². The summed E-state index contributed by atoms with van der Waals surface area (Å²) < 4.78 is 0. The third-order valence-corrected chi connectivity index (χ3v) is 2.48. The maximum Gasteiger partial charge on any atom is 0.166 e. The van der Waals surface area contributed by atoms with Crippen molar-refractivity contribution < 1.29 is 9.90 Å². The first-order valence-corrected chi connectivity index (χ1v) is 5.50. The fraction of sp³-hybridized carbons (Fsp3) is 0.538. The molecule has 82 valence electrons. The van der Waals surface area contributed by atoms with Crippen LogP contribution in [0.1, 0.15) is 39.0 Å². The number of ketones is 1. The van der Waals surface area contributed by atoms with Crippen molar-refractivity contribution in [2.24, 2.45) is 0 Å². The van der Waals surface area contributed by atoms with Crippen LogP contribution in [0.25, 0.3) is 0 Å². The van der Waals surface area contributed by atoms with Gasteiger partial charge >= 0.3 is 0 Å². The van der Waals surface area contributed by atoms with Crippen molar-refractivity contribution in [2.75, 3.05) is 0 Å². The van der Waals surface area contributed by atoms with Crippen LogP contribution in [0, 0.1) is 0 Å². The van der Waals surface area contributed by atoms with Gasteiger partial charge in [0.25, 0.3) is 0 Å². The number of hydrogen-bond donors (Lipinski definition) is 1. The number of allylic oxidation sites excluding steroid dienone is 2. The van der Waals surface area contributed by atoms with E-state index in [1.165, 1.54) is 0 Å². The van der Waals surface area contributed by atoms with Gasteiger partial charge in [-0.1, -0.05) is 12.2 Å². The molecule has 1 rings (SSSR count). The lowest BCUT2D eigenvalue weighted by molar-refractivity contribution is -0.115. The SMILES string of the molecule is CC1=C=CCCC(O)/C=C/CCCC1=O. The first-order valence-electron chi connectivity index (χ1n) is 5.50. The molecule has 0 heterocycles. The Hall–Kier alpha value is -1.11. The third kappa shape index (κ3) is 4.78. The second-order valence-corrected chi connectivity index (χ2v) is 3.86. The van der Waals surface area contributed by atoms with Gasteiger partial charge in [-0.2, -0.15) is 0 Å².